The van der Waals surface area contributed by atoms with Gasteiger partial charge in [0.2, 0.25) is 0 Å². The van der Waals surface area contributed by atoms with Gasteiger partial charge in [-0.15, -0.1) is 0 Å². The summed E-state index contributed by atoms with van der Waals surface area (Å²) in [6, 6.07) is 3.04. The average Bonchev–Trinajstić information content (AvgIpc) is 2.29. The second-order valence-corrected chi connectivity index (χ2v) is 4.50. The Balaban J connectivity index is 2.09. The van der Waals surface area contributed by atoms with E-state index in [-0.39, 0.29) is 22.9 Å². The van der Waals surface area contributed by atoms with Gasteiger partial charge in [-0.2, -0.15) is 0 Å². The van der Waals surface area contributed by atoms with Crippen molar-refractivity contribution in [3.8, 4) is 5.75 Å². The van der Waals surface area contributed by atoms with E-state index in [2.05, 4.69) is 10.3 Å². The van der Waals surface area contributed by atoms with Crippen LogP contribution >= 0.6 is 0 Å². The Morgan fingerprint density at radius 1 is 1.53 bits per heavy atom. The summed E-state index contributed by atoms with van der Waals surface area (Å²) in [6.45, 7) is 3.27. The molecule has 1 aliphatic rings. The van der Waals surface area contributed by atoms with Gasteiger partial charge in [0.15, 0.2) is 5.69 Å². The van der Waals surface area contributed by atoms with Gasteiger partial charge in [0.05, 0.1) is 0 Å². The molecule has 92 valence electrons. The molecule has 0 radical (unpaired) electrons. The second kappa shape index (κ2) is 4.71. The lowest BCUT2D eigenvalue weighted by molar-refractivity contribution is 0.0420. The van der Waals surface area contributed by atoms with Crippen molar-refractivity contribution in [2.24, 2.45) is 0 Å². The molecule has 0 atom stereocenters. The lowest BCUT2D eigenvalue weighted by Gasteiger charge is -2.34. The van der Waals surface area contributed by atoms with Crippen molar-refractivity contribution in [1.29, 1.82) is 0 Å². The fraction of sp³-hybridized carbons (Fsp3) is 0.500. The number of rotatable bonds is 2. The molecule has 17 heavy (non-hydrogen) atoms. The molecule has 0 bridgehead atoms. The molecule has 2 heterocycles. The number of hydrogen-bond donors (Lipinski definition) is 2. The predicted molar refractivity (Wildman–Crippen MR) is 61.8 cm³/mol. The van der Waals surface area contributed by atoms with Crippen molar-refractivity contribution >= 4 is 5.91 Å². The Hall–Kier alpha value is -1.62. The third-order valence-electron chi connectivity index (χ3n) is 3.01. The summed E-state index contributed by atoms with van der Waals surface area (Å²) in [5.41, 5.74) is -0.209. The lowest BCUT2D eigenvalue weighted by atomic mass is 9.92. The molecule has 0 aromatic carbocycles. The standard InChI is InChI=1S/C12H16N2O3/c1-12(4-7-17-8-5-12)14-11(16)10-9(15)3-2-6-13-10/h2-3,6,15H,4-5,7-8H2,1H3,(H,14,16). The highest BCUT2D eigenvalue weighted by molar-refractivity contribution is 5.95. The molecule has 0 spiro atoms. The van der Waals surface area contributed by atoms with Crippen LogP contribution in [0.4, 0.5) is 0 Å². The number of aromatic nitrogens is 1. The van der Waals surface area contributed by atoms with E-state index in [1.165, 1.54) is 12.3 Å². The first kappa shape index (κ1) is 11.9. The Morgan fingerprint density at radius 3 is 2.88 bits per heavy atom. The third-order valence-corrected chi connectivity index (χ3v) is 3.01. The molecule has 1 aliphatic heterocycles. The van der Waals surface area contributed by atoms with Gasteiger partial charge in [0.25, 0.3) is 5.91 Å². The van der Waals surface area contributed by atoms with Gasteiger partial charge in [-0.3, -0.25) is 4.79 Å². The number of carbonyl (C=O) groups excluding carboxylic acids is 1. The summed E-state index contributed by atoms with van der Waals surface area (Å²) >= 11 is 0. The van der Waals surface area contributed by atoms with E-state index in [9.17, 15) is 9.90 Å². The van der Waals surface area contributed by atoms with Crippen LogP contribution in [0.5, 0.6) is 5.75 Å². The van der Waals surface area contributed by atoms with Crippen LogP contribution in [0.1, 0.15) is 30.3 Å². The molecule has 0 aliphatic carbocycles. The summed E-state index contributed by atoms with van der Waals surface area (Å²) in [6.07, 6.45) is 3.03. The van der Waals surface area contributed by atoms with Crippen molar-refractivity contribution in [3.05, 3.63) is 24.0 Å². The molecule has 1 saturated heterocycles. The summed E-state index contributed by atoms with van der Waals surface area (Å²) in [7, 11) is 0. The lowest BCUT2D eigenvalue weighted by Crippen LogP contribution is -2.49. The summed E-state index contributed by atoms with van der Waals surface area (Å²) in [4.78, 5) is 15.8. The summed E-state index contributed by atoms with van der Waals surface area (Å²) < 4.78 is 5.26. The van der Waals surface area contributed by atoms with E-state index in [4.69, 9.17) is 4.74 Å². The Kier molecular flexibility index (Phi) is 3.28. The molecule has 0 unspecified atom stereocenters. The third kappa shape index (κ3) is 2.74. The predicted octanol–water partition coefficient (Wildman–Crippen LogP) is 1.09. The van der Waals surface area contributed by atoms with Gasteiger partial charge in [-0.25, -0.2) is 4.98 Å². The number of nitrogens with one attached hydrogen (secondary N) is 1. The second-order valence-electron chi connectivity index (χ2n) is 4.50. The number of amides is 1. The van der Waals surface area contributed by atoms with Crippen LogP contribution in [0, 0.1) is 0 Å². The van der Waals surface area contributed by atoms with Crippen molar-refractivity contribution in [3.63, 3.8) is 0 Å². The van der Waals surface area contributed by atoms with Gasteiger partial charge in [0.1, 0.15) is 5.75 Å². The summed E-state index contributed by atoms with van der Waals surface area (Å²) in [5.74, 6) is -0.437. The van der Waals surface area contributed by atoms with E-state index in [0.717, 1.165) is 12.8 Å². The molecule has 5 nitrogen and oxygen atoms in total. The molecular formula is C12H16N2O3. The van der Waals surface area contributed by atoms with Crippen molar-refractivity contribution < 1.29 is 14.6 Å². The van der Waals surface area contributed by atoms with Crippen molar-refractivity contribution in [1.82, 2.24) is 10.3 Å². The highest BCUT2D eigenvalue weighted by Gasteiger charge is 2.30. The minimum Gasteiger partial charge on any atom is -0.505 e. The van der Waals surface area contributed by atoms with E-state index in [0.29, 0.717) is 13.2 Å². The van der Waals surface area contributed by atoms with Crippen molar-refractivity contribution in [2.75, 3.05) is 13.2 Å². The molecule has 2 N–H and O–H groups in total. The van der Waals surface area contributed by atoms with Crippen molar-refractivity contribution in [2.45, 2.75) is 25.3 Å². The molecule has 1 aromatic rings. The van der Waals surface area contributed by atoms with E-state index in [1.807, 2.05) is 6.92 Å². The van der Waals surface area contributed by atoms with Gasteiger partial charge >= 0.3 is 0 Å². The van der Waals surface area contributed by atoms with Crippen LogP contribution in [0.15, 0.2) is 18.3 Å². The molecule has 0 saturated carbocycles. The largest absolute Gasteiger partial charge is 0.505 e. The van der Waals surface area contributed by atoms with Gasteiger partial charge in [-0.05, 0) is 31.9 Å². The van der Waals surface area contributed by atoms with Crippen LogP contribution in [-0.2, 0) is 4.74 Å². The first-order valence-corrected chi connectivity index (χ1v) is 5.65. The number of aromatic hydroxyl groups is 1. The minimum absolute atomic E-state index is 0.0696. The zero-order valence-corrected chi connectivity index (χ0v) is 9.77. The van der Waals surface area contributed by atoms with Gasteiger partial charge in [-0.1, -0.05) is 0 Å². The zero-order valence-electron chi connectivity index (χ0n) is 9.77. The molecule has 1 aromatic heterocycles. The van der Waals surface area contributed by atoms with E-state index >= 15 is 0 Å². The van der Waals surface area contributed by atoms with Crippen LogP contribution in [0.25, 0.3) is 0 Å². The maximum absolute atomic E-state index is 12.0. The van der Waals surface area contributed by atoms with Crippen LogP contribution in [0.2, 0.25) is 0 Å². The molecule has 1 fully saturated rings. The Bertz CT molecular complexity index is 414. The molecular weight excluding hydrogens is 220 g/mol. The highest BCUT2D eigenvalue weighted by atomic mass is 16.5. The van der Waals surface area contributed by atoms with E-state index < -0.39 is 0 Å². The normalized spacial score (nSPS) is 18.6. The first-order chi connectivity index (χ1) is 8.11. The molecule has 5 heteroatoms. The molecule has 2 rings (SSSR count). The quantitative estimate of drug-likeness (QED) is 0.806. The van der Waals surface area contributed by atoms with Gasteiger partial charge in [0, 0.05) is 24.9 Å². The fourth-order valence-corrected chi connectivity index (χ4v) is 1.85. The van der Waals surface area contributed by atoms with Crippen LogP contribution in [0.3, 0.4) is 0 Å². The fourth-order valence-electron chi connectivity index (χ4n) is 1.85. The number of carbonyl (C=O) groups is 1. The van der Waals surface area contributed by atoms with Gasteiger partial charge < -0.3 is 15.2 Å². The topological polar surface area (TPSA) is 71.5 Å². The Labute approximate surface area is 99.8 Å². The number of nitrogens with zero attached hydrogens (tertiary/aromatic N) is 1. The van der Waals surface area contributed by atoms with Crippen LogP contribution in [-0.4, -0.2) is 34.8 Å². The van der Waals surface area contributed by atoms with E-state index in [1.54, 1.807) is 6.07 Å². The first-order valence-electron chi connectivity index (χ1n) is 5.65. The number of pyridine rings is 1. The molecule has 1 amide bonds. The van der Waals surface area contributed by atoms with Crippen LogP contribution < -0.4 is 5.32 Å². The monoisotopic (exact) mass is 236 g/mol. The Morgan fingerprint density at radius 2 is 2.24 bits per heavy atom. The zero-order chi connectivity index (χ0) is 12.3. The summed E-state index contributed by atoms with van der Waals surface area (Å²) in [5, 5.41) is 12.5. The average molecular weight is 236 g/mol. The highest BCUT2D eigenvalue weighted by Crippen LogP contribution is 2.21. The minimum atomic E-state index is -0.340. The number of ether oxygens (including phenoxy) is 1. The maximum Gasteiger partial charge on any atom is 0.274 e. The maximum atomic E-state index is 12.0. The SMILES string of the molecule is CC1(NC(=O)c2ncccc2O)CCOCC1. The smallest absolute Gasteiger partial charge is 0.274 e. The number of hydrogen-bond acceptors (Lipinski definition) is 4.